The molecule has 4 rings (SSSR count). The maximum absolute atomic E-state index is 6.44. The molecule has 1 fully saturated rings. The van der Waals surface area contributed by atoms with E-state index in [9.17, 15) is 0 Å². The first-order valence-corrected chi connectivity index (χ1v) is 9.55. The van der Waals surface area contributed by atoms with Crippen molar-refractivity contribution in [3.8, 4) is 0 Å². The highest BCUT2D eigenvalue weighted by molar-refractivity contribution is 9.10. The Morgan fingerprint density at radius 3 is 2.92 bits per heavy atom. The van der Waals surface area contributed by atoms with Crippen molar-refractivity contribution in [3.05, 3.63) is 39.4 Å². The van der Waals surface area contributed by atoms with Crippen molar-refractivity contribution in [1.82, 2.24) is 20.4 Å². The fourth-order valence-corrected chi connectivity index (χ4v) is 4.89. The van der Waals surface area contributed by atoms with Gasteiger partial charge in [0.1, 0.15) is 10.2 Å². The van der Waals surface area contributed by atoms with Crippen LogP contribution in [0.1, 0.15) is 16.9 Å². The van der Waals surface area contributed by atoms with Gasteiger partial charge >= 0.3 is 0 Å². The molecule has 1 saturated heterocycles. The molecular weight excluding hydrogens is 404 g/mol. The fraction of sp³-hybridized carbons (Fsp3) is 0.375. The number of nitrogens with zero attached hydrogens (tertiary/aromatic N) is 4. The lowest BCUT2D eigenvalue weighted by molar-refractivity contribution is 0.178. The van der Waals surface area contributed by atoms with E-state index in [0.717, 1.165) is 50.4 Å². The molecule has 9 heteroatoms. The summed E-state index contributed by atoms with van der Waals surface area (Å²) >= 11 is 5.31. The lowest BCUT2D eigenvalue weighted by Crippen LogP contribution is -2.42. The van der Waals surface area contributed by atoms with Gasteiger partial charge in [0, 0.05) is 42.4 Å². The van der Waals surface area contributed by atoms with Crippen LogP contribution in [-0.2, 0) is 17.7 Å². The van der Waals surface area contributed by atoms with E-state index in [1.165, 1.54) is 0 Å². The molecule has 0 spiro atoms. The predicted octanol–water partition coefficient (Wildman–Crippen LogP) is 2.52. The number of aromatic nitrogens is 4. The van der Waals surface area contributed by atoms with E-state index in [4.69, 9.17) is 10.5 Å². The molecule has 3 N–H and O–H groups in total. The van der Waals surface area contributed by atoms with Crippen molar-refractivity contribution < 1.29 is 4.74 Å². The number of nitrogens with two attached hydrogens (primary N) is 1. The maximum atomic E-state index is 6.44. The molecule has 130 valence electrons. The summed E-state index contributed by atoms with van der Waals surface area (Å²) in [7, 11) is 0. The molecule has 0 saturated carbocycles. The second-order valence-corrected chi connectivity index (χ2v) is 8.10. The summed E-state index contributed by atoms with van der Waals surface area (Å²) in [4.78, 5) is 5.18. The van der Waals surface area contributed by atoms with Crippen molar-refractivity contribution in [2.24, 2.45) is 5.73 Å². The van der Waals surface area contributed by atoms with Gasteiger partial charge in [0.25, 0.3) is 0 Å². The van der Waals surface area contributed by atoms with Gasteiger partial charge in [-0.15, -0.1) is 21.5 Å². The summed E-state index contributed by atoms with van der Waals surface area (Å²) in [5.41, 5.74) is 8.07. The second kappa shape index (κ2) is 6.91. The number of hydrogen-bond donors (Lipinski definition) is 2. The minimum Gasteiger partial charge on any atom is -0.379 e. The number of thiophene rings is 1. The number of halogens is 1. The van der Waals surface area contributed by atoms with Crippen LogP contribution in [0.15, 0.2) is 29.0 Å². The molecule has 7 nitrogen and oxygen atoms in total. The van der Waals surface area contributed by atoms with Crippen molar-refractivity contribution in [3.63, 3.8) is 0 Å². The van der Waals surface area contributed by atoms with Crippen LogP contribution in [0.25, 0.3) is 10.2 Å². The maximum Gasteiger partial charge on any atom is 0.170 e. The minimum absolute atomic E-state index is 0.311. The Kier molecular flexibility index (Phi) is 4.63. The average Bonchev–Trinajstić information content (AvgIpc) is 3.19. The average molecular weight is 421 g/mol. The summed E-state index contributed by atoms with van der Waals surface area (Å²) in [6.45, 7) is 1.96. The standard InChI is InChI=1S/C16H17BrN6OS/c17-12-11(7-16(18)3-6-24-9-16)25-14-13(12)21-23-22-15(14)20-8-10-1-4-19-5-2-10/h1-2,4-5H,3,6-9,18H2,(H,20,21,22). The van der Waals surface area contributed by atoms with Gasteiger partial charge in [-0.3, -0.25) is 4.98 Å². The van der Waals surface area contributed by atoms with Crippen LogP contribution in [0, 0.1) is 0 Å². The number of nitrogens with one attached hydrogen (secondary N) is 1. The smallest absolute Gasteiger partial charge is 0.170 e. The highest BCUT2D eigenvalue weighted by Crippen LogP contribution is 2.39. The zero-order chi connectivity index (χ0) is 17.3. The zero-order valence-electron chi connectivity index (χ0n) is 13.4. The molecule has 0 bridgehead atoms. The van der Waals surface area contributed by atoms with Crippen LogP contribution >= 0.6 is 27.3 Å². The predicted molar refractivity (Wildman–Crippen MR) is 101 cm³/mol. The van der Waals surface area contributed by atoms with E-state index >= 15 is 0 Å². The topological polar surface area (TPSA) is 98.8 Å². The van der Waals surface area contributed by atoms with Crippen molar-refractivity contribution >= 4 is 43.3 Å². The zero-order valence-corrected chi connectivity index (χ0v) is 15.8. The summed E-state index contributed by atoms with van der Waals surface area (Å²) in [6.07, 6.45) is 5.16. The van der Waals surface area contributed by atoms with E-state index in [1.54, 1.807) is 23.7 Å². The molecule has 0 aliphatic carbocycles. The van der Waals surface area contributed by atoms with Crippen LogP contribution in [0.5, 0.6) is 0 Å². The Balaban J connectivity index is 1.61. The Morgan fingerprint density at radius 2 is 2.16 bits per heavy atom. The number of fused-ring (bicyclic) bond motifs is 1. The molecule has 25 heavy (non-hydrogen) atoms. The van der Waals surface area contributed by atoms with Crippen molar-refractivity contribution in [1.29, 1.82) is 0 Å². The van der Waals surface area contributed by atoms with E-state index in [0.29, 0.717) is 13.2 Å². The summed E-state index contributed by atoms with van der Waals surface area (Å²) in [5.74, 6) is 0.729. The van der Waals surface area contributed by atoms with Crippen LogP contribution in [0.2, 0.25) is 0 Å². The number of rotatable bonds is 5. The number of hydrogen-bond acceptors (Lipinski definition) is 8. The van der Waals surface area contributed by atoms with Gasteiger partial charge in [0.15, 0.2) is 5.82 Å². The highest BCUT2D eigenvalue weighted by atomic mass is 79.9. The lowest BCUT2D eigenvalue weighted by Gasteiger charge is -2.20. The summed E-state index contributed by atoms with van der Waals surface area (Å²) in [6, 6.07) is 3.93. The third-order valence-corrected chi connectivity index (χ3v) is 6.56. The normalized spacial score (nSPS) is 20.2. The number of pyridine rings is 1. The molecular formula is C16H17BrN6OS. The van der Waals surface area contributed by atoms with E-state index < -0.39 is 0 Å². The Labute approximate surface area is 157 Å². The monoisotopic (exact) mass is 420 g/mol. The molecule has 0 aromatic carbocycles. The number of anilines is 1. The summed E-state index contributed by atoms with van der Waals surface area (Å²) in [5, 5.41) is 15.6. The number of ether oxygens (including phenoxy) is 1. The van der Waals surface area contributed by atoms with Crippen molar-refractivity contribution in [2.45, 2.75) is 24.9 Å². The van der Waals surface area contributed by atoms with Gasteiger partial charge in [-0.25, -0.2) is 0 Å². The molecule has 4 heterocycles. The molecule has 3 aromatic rings. The third kappa shape index (κ3) is 3.50. The van der Waals surface area contributed by atoms with Gasteiger partial charge < -0.3 is 15.8 Å². The molecule has 1 atom stereocenters. The van der Waals surface area contributed by atoms with Crippen molar-refractivity contribution in [2.75, 3.05) is 18.5 Å². The quantitative estimate of drug-likeness (QED) is 0.653. The Bertz CT molecular complexity index is 881. The van der Waals surface area contributed by atoms with E-state index in [1.807, 2.05) is 12.1 Å². The highest BCUT2D eigenvalue weighted by Gasteiger charge is 2.32. The van der Waals surface area contributed by atoms with Gasteiger partial charge in [0.2, 0.25) is 0 Å². The first-order valence-electron chi connectivity index (χ1n) is 7.94. The van der Waals surface area contributed by atoms with Gasteiger partial charge in [-0.2, -0.15) is 0 Å². The van der Waals surface area contributed by atoms with Gasteiger partial charge in [0.05, 0.1) is 11.1 Å². The van der Waals surface area contributed by atoms with Crippen LogP contribution in [0.3, 0.4) is 0 Å². The van der Waals surface area contributed by atoms with Gasteiger partial charge in [-0.1, -0.05) is 0 Å². The Morgan fingerprint density at radius 1 is 1.32 bits per heavy atom. The first-order chi connectivity index (χ1) is 12.1. The van der Waals surface area contributed by atoms with Crippen LogP contribution < -0.4 is 11.1 Å². The van der Waals surface area contributed by atoms with E-state index in [-0.39, 0.29) is 5.54 Å². The first kappa shape index (κ1) is 16.8. The SMILES string of the molecule is NC1(Cc2sc3c(NCc4ccncc4)nnnc3c2Br)CCOC1. The molecule has 0 amide bonds. The molecule has 1 aliphatic heterocycles. The van der Waals surface area contributed by atoms with Crippen LogP contribution in [0.4, 0.5) is 5.82 Å². The molecule has 0 radical (unpaired) electrons. The Hall–Kier alpha value is -1.68. The van der Waals surface area contributed by atoms with Crippen LogP contribution in [-0.4, -0.2) is 39.1 Å². The fourth-order valence-electron chi connectivity index (χ4n) is 2.85. The lowest BCUT2D eigenvalue weighted by atomic mass is 9.95. The van der Waals surface area contributed by atoms with E-state index in [2.05, 4.69) is 41.6 Å². The second-order valence-electron chi connectivity index (χ2n) is 6.21. The molecule has 1 unspecified atom stereocenters. The molecule has 1 aliphatic rings. The minimum atomic E-state index is -0.311. The third-order valence-electron chi connectivity index (χ3n) is 4.25. The van der Waals surface area contributed by atoms with Gasteiger partial charge in [-0.05, 0) is 45.3 Å². The summed E-state index contributed by atoms with van der Waals surface area (Å²) < 4.78 is 7.39. The largest absolute Gasteiger partial charge is 0.379 e. The molecule has 3 aromatic heterocycles.